The second-order valence-electron chi connectivity index (χ2n) is 2.83. The number of benzene rings is 1. The Bertz CT molecular complexity index is 198. The highest BCUT2D eigenvalue weighted by atomic mass is 35.6. The zero-order chi connectivity index (χ0) is 8.65. The SMILES string of the molecule is Cl[Si]CCCCc1ccccc1. The molecule has 0 unspecified atom stereocenters. The number of aryl methyl sites for hydroxylation is 1. The van der Waals surface area contributed by atoms with Gasteiger partial charge in [-0.25, -0.2) is 0 Å². The standard InChI is InChI=1S/C10H13ClSi/c11-12-9-5-4-8-10-6-2-1-3-7-10/h1-3,6-7H,4-5,8-9H2. The van der Waals surface area contributed by atoms with E-state index in [0.717, 1.165) is 0 Å². The van der Waals surface area contributed by atoms with E-state index in [1.54, 1.807) is 0 Å². The van der Waals surface area contributed by atoms with Crippen molar-refractivity contribution in [3.05, 3.63) is 35.9 Å². The molecule has 0 bridgehead atoms. The molecule has 1 aromatic carbocycles. The fraction of sp³-hybridized carbons (Fsp3) is 0.400. The maximum atomic E-state index is 5.61. The lowest BCUT2D eigenvalue weighted by atomic mass is 10.1. The number of hydrogen-bond donors (Lipinski definition) is 0. The van der Waals surface area contributed by atoms with Gasteiger partial charge in [0.15, 0.2) is 8.83 Å². The average molecular weight is 197 g/mol. The van der Waals surface area contributed by atoms with Crippen LogP contribution in [0.3, 0.4) is 0 Å². The van der Waals surface area contributed by atoms with Crippen molar-refractivity contribution in [2.24, 2.45) is 0 Å². The summed E-state index contributed by atoms with van der Waals surface area (Å²) in [6.45, 7) is 0. The Labute approximate surface area is 81.5 Å². The highest BCUT2D eigenvalue weighted by Gasteiger charge is 1.91. The zero-order valence-corrected chi connectivity index (χ0v) is 8.85. The van der Waals surface area contributed by atoms with Crippen molar-refractivity contribution in [2.75, 3.05) is 0 Å². The first-order valence-electron chi connectivity index (χ1n) is 4.31. The van der Waals surface area contributed by atoms with Crippen LogP contribution >= 0.6 is 11.1 Å². The Balaban J connectivity index is 2.16. The van der Waals surface area contributed by atoms with Crippen molar-refractivity contribution in [2.45, 2.75) is 25.3 Å². The van der Waals surface area contributed by atoms with Crippen molar-refractivity contribution < 1.29 is 0 Å². The van der Waals surface area contributed by atoms with Crippen LogP contribution in [-0.4, -0.2) is 8.83 Å². The first-order valence-corrected chi connectivity index (χ1v) is 6.53. The smallest absolute Gasteiger partial charge is 0.171 e. The van der Waals surface area contributed by atoms with Gasteiger partial charge in [-0.2, -0.15) is 11.1 Å². The fourth-order valence-electron chi connectivity index (χ4n) is 1.17. The molecular weight excluding hydrogens is 184 g/mol. The summed E-state index contributed by atoms with van der Waals surface area (Å²) in [6, 6.07) is 11.8. The summed E-state index contributed by atoms with van der Waals surface area (Å²) in [4.78, 5) is 0. The molecule has 12 heavy (non-hydrogen) atoms. The lowest BCUT2D eigenvalue weighted by Crippen LogP contribution is -1.85. The molecule has 0 amide bonds. The molecule has 0 N–H and O–H groups in total. The van der Waals surface area contributed by atoms with Gasteiger partial charge in [-0.1, -0.05) is 36.8 Å². The molecule has 64 valence electrons. The van der Waals surface area contributed by atoms with Gasteiger partial charge in [0.25, 0.3) is 0 Å². The molecule has 0 aliphatic carbocycles. The lowest BCUT2D eigenvalue weighted by molar-refractivity contribution is 0.793. The van der Waals surface area contributed by atoms with Crippen LogP contribution < -0.4 is 0 Å². The van der Waals surface area contributed by atoms with Gasteiger partial charge in [-0.15, -0.1) is 0 Å². The van der Waals surface area contributed by atoms with E-state index in [1.165, 1.54) is 30.9 Å². The molecule has 2 radical (unpaired) electrons. The predicted molar refractivity (Wildman–Crippen MR) is 55.8 cm³/mol. The number of rotatable bonds is 5. The molecule has 2 heteroatoms. The lowest BCUT2D eigenvalue weighted by Gasteiger charge is -1.98. The molecule has 0 saturated carbocycles. The summed E-state index contributed by atoms with van der Waals surface area (Å²) in [5, 5.41) is 0. The van der Waals surface area contributed by atoms with Crippen molar-refractivity contribution >= 4 is 19.9 Å². The second kappa shape index (κ2) is 6.27. The van der Waals surface area contributed by atoms with Crippen LogP contribution in [0.15, 0.2) is 30.3 Å². The molecule has 1 aromatic rings. The molecule has 0 nitrogen and oxygen atoms in total. The summed E-state index contributed by atoms with van der Waals surface area (Å²) in [7, 11) is 0.598. The van der Waals surface area contributed by atoms with Crippen LogP contribution in [0, 0.1) is 0 Å². The van der Waals surface area contributed by atoms with Crippen molar-refractivity contribution in [3.63, 3.8) is 0 Å². The van der Waals surface area contributed by atoms with E-state index in [2.05, 4.69) is 30.3 Å². The Morgan fingerprint density at radius 1 is 1.08 bits per heavy atom. The van der Waals surface area contributed by atoms with Crippen LogP contribution in [0.4, 0.5) is 0 Å². The summed E-state index contributed by atoms with van der Waals surface area (Å²) >= 11 is 5.61. The van der Waals surface area contributed by atoms with Gasteiger partial charge >= 0.3 is 0 Å². The summed E-state index contributed by atoms with van der Waals surface area (Å²) in [6.07, 6.45) is 3.72. The van der Waals surface area contributed by atoms with Gasteiger partial charge in [-0.05, 0) is 24.4 Å². The number of hydrogen-bond acceptors (Lipinski definition) is 0. The van der Waals surface area contributed by atoms with E-state index in [1.807, 2.05) is 0 Å². The van der Waals surface area contributed by atoms with Gasteiger partial charge in [0, 0.05) is 0 Å². The first kappa shape index (κ1) is 9.81. The van der Waals surface area contributed by atoms with Crippen LogP contribution in [0.25, 0.3) is 0 Å². The van der Waals surface area contributed by atoms with Crippen LogP contribution in [0.5, 0.6) is 0 Å². The minimum absolute atomic E-state index is 0.598. The van der Waals surface area contributed by atoms with E-state index in [-0.39, 0.29) is 0 Å². The van der Waals surface area contributed by atoms with E-state index < -0.39 is 0 Å². The highest BCUT2D eigenvalue weighted by molar-refractivity contribution is 6.93. The third-order valence-corrected chi connectivity index (χ3v) is 2.94. The first-order chi connectivity index (χ1) is 5.93. The molecule has 0 heterocycles. The van der Waals surface area contributed by atoms with Crippen LogP contribution in [0.2, 0.25) is 6.04 Å². The minimum atomic E-state index is 0.598. The monoisotopic (exact) mass is 196 g/mol. The summed E-state index contributed by atoms with van der Waals surface area (Å²) in [5.74, 6) is 0. The third-order valence-electron chi connectivity index (χ3n) is 1.83. The van der Waals surface area contributed by atoms with E-state index in [9.17, 15) is 0 Å². The Morgan fingerprint density at radius 3 is 2.50 bits per heavy atom. The van der Waals surface area contributed by atoms with Crippen molar-refractivity contribution in [1.29, 1.82) is 0 Å². The van der Waals surface area contributed by atoms with Crippen LogP contribution in [-0.2, 0) is 6.42 Å². The van der Waals surface area contributed by atoms with Gasteiger partial charge in [0.2, 0.25) is 0 Å². The van der Waals surface area contributed by atoms with Gasteiger partial charge in [0.1, 0.15) is 0 Å². The van der Waals surface area contributed by atoms with E-state index >= 15 is 0 Å². The van der Waals surface area contributed by atoms with Crippen LogP contribution in [0.1, 0.15) is 18.4 Å². The van der Waals surface area contributed by atoms with Gasteiger partial charge in [0.05, 0.1) is 0 Å². The minimum Gasteiger partial charge on any atom is -0.171 e. The number of unbranched alkanes of at least 4 members (excludes halogenated alkanes) is 1. The zero-order valence-electron chi connectivity index (χ0n) is 7.09. The maximum absolute atomic E-state index is 5.61. The average Bonchev–Trinajstić information content (AvgIpc) is 2.14. The Morgan fingerprint density at radius 2 is 1.83 bits per heavy atom. The van der Waals surface area contributed by atoms with Gasteiger partial charge in [-0.3, -0.25) is 0 Å². The van der Waals surface area contributed by atoms with Crippen molar-refractivity contribution in [3.8, 4) is 0 Å². The molecule has 0 spiro atoms. The maximum Gasteiger partial charge on any atom is 0.171 e. The Hall–Kier alpha value is -0.273. The summed E-state index contributed by atoms with van der Waals surface area (Å²) in [5.41, 5.74) is 1.44. The van der Waals surface area contributed by atoms with Gasteiger partial charge < -0.3 is 0 Å². The highest BCUT2D eigenvalue weighted by Crippen LogP contribution is 2.06. The summed E-state index contributed by atoms with van der Waals surface area (Å²) < 4.78 is 0. The predicted octanol–water partition coefficient (Wildman–Crippen LogP) is 3.29. The molecule has 0 aromatic heterocycles. The molecule has 1 rings (SSSR count). The fourth-order valence-corrected chi connectivity index (χ4v) is 1.95. The number of halogens is 1. The molecule has 0 fully saturated rings. The largest absolute Gasteiger partial charge is 0.171 e. The molecule has 0 atom stereocenters. The molecular formula is C10H13ClSi. The normalized spacial score (nSPS) is 10.1. The van der Waals surface area contributed by atoms with Crippen molar-refractivity contribution in [1.82, 2.24) is 0 Å². The molecule has 0 aliphatic heterocycles. The molecule has 0 aliphatic rings. The van der Waals surface area contributed by atoms with E-state index in [0.29, 0.717) is 8.83 Å². The topological polar surface area (TPSA) is 0 Å². The Kier molecular flexibility index (Phi) is 5.12. The van der Waals surface area contributed by atoms with E-state index in [4.69, 9.17) is 11.1 Å². The second-order valence-corrected chi connectivity index (χ2v) is 4.40. The molecule has 0 saturated heterocycles. The quantitative estimate of drug-likeness (QED) is 0.385. The third kappa shape index (κ3) is 3.93.